The van der Waals surface area contributed by atoms with Crippen molar-refractivity contribution in [3.63, 3.8) is 0 Å². The number of benzene rings is 2. The summed E-state index contributed by atoms with van der Waals surface area (Å²) in [5.41, 5.74) is 2.39. The number of amides is 1. The molecule has 0 atom stereocenters. The van der Waals surface area contributed by atoms with Crippen LogP contribution < -0.4 is 5.32 Å². The minimum atomic E-state index is -3.22. The van der Waals surface area contributed by atoms with E-state index in [4.69, 9.17) is 0 Å². The van der Waals surface area contributed by atoms with Crippen molar-refractivity contribution in [2.45, 2.75) is 25.5 Å². The van der Waals surface area contributed by atoms with Gasteiger partial charge < -0.3 is 5.32 Å². The molecule has 1 N–H and O–H groups in total. The molecule has 0 saturated carbocycles. The summed E-state index contributed by atoms with van der Waals surface area (Å²) in [6, 6.07) is 14.7. The van der Waals surface area contributed by atoms with E-state index >= 15 is 0 Å². The van der Waals surface area contributed by atoms with E-state index in [1.54, 1.807) is 23.5 Å². The van der Waals surface area contributed by atoms with E-state index in [0.29, 0.717) is 12.1 Å². The van der Waals surface area contributed by atoms with Gasteiger partial charge in [0.05, 0.1) is 26.7 Å². The Hall–Kier alpha value is -2.25. The lowest BCUT2D eigenvalue weighted by molar-refractivity contribution is -0.116. The number of nitrogens with zero attached hydrogens (tertiary/aromatic N) is 1. The molecular formula is C19H20N2O3S2. The van der Waals surface area contributed by atoms with Crippen LogP contribution in [0, 0.1) is 6.92 Å². The van der Waals surface area contributed by atoms with Gasteiger partial charge in [0.1, 0.15) is 0 Å². The minimum Gasteiger partial charge on any atom is -0.326 e. The topological polar surface area (TPSA) is 76.1 Å². The molecule has 136 valence electrons. The summed E-state index contributed by atoms with van der Waals surface area (Å²) in [6.07, 6.45) is 0.483. The summed E-state index contributed by atoms with van der Waals surface area (Å²) in [4.78, 5) is 16.5. The smallest absolute Gasteiger partial charge is 0.224 e. The second-order valence-corrected chi connectivity index (χ2v) is 9.56. The fraction of sp³-hybridized carbons (Fsp3) is 0.263. The van der Waals surface area contributed by atoms with Crippen molar-refractivity contribution in [3.8, 4) is 0 Å². The van der Waals surface area contributed by atoms with Crippen LogP contribution in [-0.2, 0) is 20.4 Å². The Morgan fingerprint density at radius 2 is 1.92 bits per heavy atom. The highest BCUT2D eigenvalue weighted by molar-refractivity contribution is 7.90. The van der Waals surface area contributed by atoms with Gasteiger partial charge in [-0.2, -0.15) is 0 Å². The number of hydrogen-bond donors (Lipinski definition) is 1. The van der Waals surface area contributed by atoms with Crippen LogP contribution in [0.4, 0.5) is 5.69 Å². The van der Waals surface area contributed by atoms with E-state index in [1.165, 1.54) is 0 Å². The average Bonchev–Trinajstić information content (AvgIpc) is 2.94. The van der Waals surface area contributed by atoms with E-state index in [-0.39, 0.29) is 23.8 Å². The van der Waals surface area contributed by atoms with Crippen LogP contribution in [0.5, 0.6) is 0 Å². The molecule has 0 bridgehead atoms. The van der Waals surface area contributed by atoms with Gasteiger partial charge in [0.25, 0.3) is 0 Å². The van der Waals surface area contributed by atoms with Gasteiger partial charge in [0.15, 0.2) is 9.84 Å². The maximum atomic E-state index is 12.2. The van der Waals surface area contributed by atoms with Crippen molar-refractivity contribution in [2.24, 2.45) is 0 Å². The molecule has 0 saturated heterocycles. The zero-order valence-electron chi connectivity index (χ0n) is 14.4. The molecule has 3 aromatic rings. The number of rotatable bonds is 7. The molecule has 0 radical (unpaired) electrons. The standard InChI is InChI=1S/C19H20N2O3S2/c1-14-20-17-10-9-16(12-18(17)25-14)21-19(22)8-5-11-26(23,24)13-15-6-3-2-4-7-15/h2-4,6-7,9-10,12H,5,8,11,13H2,1H3,(H,21,22). The zero-order valence-corrected chi connectivity index (χ0v) is 16.1. The molecule has 1 amide bonds. The van der Waals surface area contributed by atoms with Crippen molar-refractivity contribution in [1.82, 2.24) is 4.98 Å². The average molecular weight is 389 g/mol. The number of fused-ring (bicyclic) bond motifs is 1. The SMILES string of the molecule is Cc1nc2ccc(NC(=O)CCCS(=O)(=O)Cc3ccccc3)cc2s1. The molecule has 0 unspecified atom stereocenters. The van der Waals surface area contributed by atoms with Gasteiger partial charge in [0.2, 0.25) is 5.91 Å². The fourth-order valence-electron chi connectivity index (χ4n) is 2.69. The molecule has 0 aliphatic heterocycles. The van der Waals surface area contributed by atoms with Gasteiger partial charge >= 0.3 is 0 Å². The molecule has 1 aromatic heterocycles. The van der Waals surface area contributed by atoms with Crippen molar-refractivity contribution >= 4 is 43.0 Å². The lowest BCUT2D eigenvalue weighted by Gasteiger charge is -2.06. The maximum Gasteiger partial charge on any atom is 0.224 e. The van der Waals surface area contributed by atoms with Gasteiger partial charge in [-0.25, -0.2) is 13.4 Å². The van der Waals surface area contributed by atoms with E-state index in [0.717, 1.165) is 20.8 Å². The molecule has 3 rings (SSSR count). The van der Waals surface area contributed by atoms with Crippen molar-refractivity contribution < 1.29 is 13.2 Å². The first-order valence-electron chi connectivity index (χ1n) is 8.33. The summed E-state index contributed by atoms with van der Waals surface area (Å²) in [5.74, 6) is -0.167. The van der Waals surface area contributed by atoms with Gasteiger partial charge in [0, 0.05) is 12.1 Å². The molecule has 1 heterocycles. The van der Waals surface area contributed by atoms with Crippen molar-refractivity contribution in [1.29, 1.82) is 0 Å². The fourth-order valence-corrected chi connectivity index (χ4v) is 4.99. The number of hydrogen-bond acceptors (Lipinski definition) is 5. The number of aryl methyl sites for hydroxylation is 1. The van der Waals surface area contributed by atoms with Crippen molar-refractivity contribution in [3.05, 3.63) is 59.1 Å². The molecule has 5 nitrogen and oxygen atoms in total. The lowest BCUT2D eigenvalue weighted by Crippen LogP contribution is -2.15. The lowest BCUT2D eigenvalue weighted by atomic mass is 10.2. The van der Waals surface area contributed by atoms with Crippen molar-refractivity contribution in [2.75, 3.05) is 11.1 Å². The van der Waals surface area contributed by atoms with E-state index in [9.17, 15) is 13.2 Å². The van der Waals surface area contributed by atoms with Crippen LogP contribution in [0.15, 0.2) is 48.5 Å². The Bertz CT molecular complexity index is 1010. The number of aromatic nitrogens is 1. The molecule has 0 spiro atoms. The first-order valence-corrected chi connectivity index (χ1v) is 11.0. The third kappa shape index (κ3) is 5.12. The van der Waals surface area contributed by atoms with Gasteiger partial charge in [-0.15, -0.1) is 11.3 Å². The number of nitrogens with one attached hydrogen (secondary N) is 1. The number of anilines is 1. The molecule has 0 aliphatic carbocycles. The maximum absolute atomic E-state index is 12.2. The number of sulfone groups is 1. The highest BCUT2D eigenvalue weighted by Crippen LogP contribution is 2.24. The largest absolute Gasteiger partial charge is 0.326 e. The van der Waals surface area contributed by atoms with Gasteiger partial charge in [-0.3, -0.25) is 4.79 Å². The Kier molecular flexibility index (Phi) is 5.68. The highest BCUT2D eigenvalue weighted by Gasteiger charge is 2.13. The van der Waals surface area contributed by atoms with E-state index < -0.39 is 9.84 Å². The summed E-state index contributed by atoms with van der Waals surface area (Å²) in [5, 5.41) is 3.80. The summed E-state index contributed by atoms with van der Waals surface area (Å²) in [6.45, 7) is 1.94. The van der Waals surface area contributed by atoms with Crippen LogP contribution in [0.3, 0.4) is 0 Å². The molecule has 7 heteroatoms. The number of carbonyl (C=O) groups excluding carboxylic acids is 1. The highest BCUT2D eigenvalue weighted by atomic mass is 32.2. The van der Waals surface area contributed by atoms with E-state index in [2.05, 4.69) is 10.3 Å². The summed E-state index contributed by atoms with van der Waals surface area (Å²) < 4.78 is 25.3. The second-order valence-electron chi connectivity index (χ2n) is 6.14. The van der Waals surface area contributed by atoms with Gasteiger partial charge in [-0.05, 0) is 37.1 Å². The predicted molar refractivity (Wildman–Crippen MR) is 106 cm³/mol. The Balaban J connectivity index is 1.50. The minimum absolute atomic E-state index is 0.00237. The predicted octanol–water partition coefficient (Wildman–Crippen LogP) is 3.94. The van der Waals surface area contributed by atoms with Crippen LogP contribution in [0.2, 0.25) is 0 Å². The molecular weight excluding hydrogens is 368 g/mol. The number of thiazole rings is 1. The first-order chi connectivity index (χ1) is 12.4. The Morgan fingerprint density at radius 1 is 1.15 bits per heavy atom. The number of carbonyl (C=O) groups is 1. The van der Waals surface area contributed by atoms with Crippen LogP contribution in [-0.4, -0.2) is 25.1 Å². The van der Waals surface area contributed by atoms with E-state index in [1.807, 2.05) is 43.3 Å². The summed E-state index contributed by atoms with van der Waals surface area (Å²) >= 11 is 1.57. The van der Waals surface area contributed by atoms with Crippen LogP contribution in [0.25, 0.3) is 10.2 Å². The third-order valence-electron chi connectivity index (χ3n) is 3.87. The molecule has 0 fully saturated rings. The van der Waals surface area contributed by atoms with Crippen LogP contribution in [0.1, 0.15) is 23.4 Å². The second kappa shape index (κ2) is 7.97. The normalized spacial score (nSPS) is 11.6. The quantitative estimate of drug-likeness (QED) is 0.665. The molecule has 26 heavy (non-hydrogen) atoms. The summed E-state index contributed by atoms with van der Waals surface area (Å²) in [7, 11) is -3.22. The van der Waals surface area contributed by atoms with Gasteiger partial charge in [-0.1, -0.05) is 30.3 Å². The Labute approximate surface area is 157 Å². The first kappa shape index (κ1) is 18.5. The molecule has 2 aromatic carbocycles. The zero-order chi connectivity index (χ0) is 18.6. The van der Waals surface area contributed by atoms with Crippen LogP contribution >= 0.6 is 11.3 Å². The third-order valence-corrected chi connectivity index (χ3v) is 6.49. The Morgan fingerprint density at radius 3 is 2.69 bits per heavy atom. The molecule has 0 aliphatic rings. The monoisotopic (exact) mass is 388 g/mol.